The molecule has 15 heavy (non-hydrogen) atoms. The van der Waals surface area contributed by atoms with Crippen LogP contribution in [0.25, 0.3) is 0 Å². The molecule has 0 bridgehead atoms. The van der Waals surface area contributed by atoms with Gasteiger partial charge in [0.2, 0.25) is 5.91 Å². The van der Waals surface area contributed by atoms with E-state index in [9.17, 15) is 13.6 Å². The van der Waals surface area contributed by atoms with Crippen LogP contribution in [-0.2, 0) is 11.2 Å². The van der Waals surface area contributed by atoms with E-state index in [1.165, 1.54) is 6.07 Å². The third-order valence-corrected chi connectivity index (χ3v) is 2.20. The van der Waals surface area contributed by atoms with Crippen LogP contribution in [0.2, 0.25) is 0 Å². The first-order valence-electron chi connectivity index (χ1n) is 4.48. The van der Waals surface area contributed by atoms with Crippen molar-refractivity contribution in [2.24, 2.45) is 17.4 Å². The minimum atomic E-state index is -0.739. The van der Waals surface area contributed by atoms with E-state index in [2.05, 4.69) is 0 Å². The Morgan fingerprint density at radius 2 is 1.87 bits per heavy atom. The lowest BCUT2D eigenvalue weighted by Gasteiger charge is -2.11. The number of amides is 1. The Morgan fingerprint density at radius 3 is 2.27 bits per heavy atom. The molecule has 4 N–H and O–H groups in total. The molecule has 1 amide bonds. The van der Waals surface area contributed by atoms with E-state index in [1.54, 1.807) is 0 Å². The van der Waals surface area contributed by atoms with Gasteiger partial charge in [0.05, 0.1) is 5.92 Å². The lowest BCUT2D eigenvalue weighted by Crippen LogP contribution is -2.32. The molecule has 1 rings (SSSR count). The maximum atomic E-state index is 13.2. The Balaban J connectivity index is 2.92. The van der Waals surface area contributed by atoms with Crippen LogP contribution in [-0.4, -0.2) is 12.5 Å². The highest BCUT2D eigenvalue weighted by molar-refractivity contribution is 5.77. The highest BCUT2D eigenvalue weighted by Crippen LogP contribution is 2.16. The van der Waals surface area contributed by atoms with Crippen molar-refractivity contribution in [1.29, 1.82) is 0 Å². The van der Waals surface area contributed by atoms with Crippen LogP contribution in [0, 0.1) is 17.6 Å². The summed E-state index contributed by atoms with van der Waals surface area (Å²) in [6, 6.07) is 3.52. The number of rotatable bonds is 4. The van der Waals surface area contributed by atoms with Crippen molar-refractivity contribution in [3.05, 3.63) is 35.4 Å². The first-order chi connectivity index (χ1) is 7.06. The standard InChI is InChI=1S/C10H12F2N2O/c11-8-2-1-3-9(12)7(8)4-6(5-13)10(14)15/h1-3,6H,4-5,13H2,(H2,14,15)/t6-/m0/s1. The van der Waals surface area contributed by atoms with Gasteiger partial charge in [-0.1, -0.05) is 6.07 Å². The third-order valence-electron chi connectivity index (χ3n) is 2.20. The molecule has 3 nitrogen and oxygen atoms in total. The fraction of sp³-hybridized carbons (Fsp3) is 0.300. The van der Waals surface area contributed by atoms with Crippen LogP contribution in [0.4, 0.5) is 8.78 Å². The van der Waals surface area contributed by atoms with Gasteiger partial charge in [0.1, 0.15) is 11.6 Å². The number of halogens is 2. The van der Waals surface area contributed by atoms with E-state index in [1.807, 2.05) is 0 Å². The summed E-state index contributed by atoms with van der Waals surface area (Å²) in [6.07, 6.45) is -0.107. The number of carbonyl (C=O) groups is 1. The van der Waals surface area contributed by atoms with Crippen molar-refractivity contribution >= 4 is 5.91 Å². The van der Waals surface area contributed by atoms with E-state index in [4.69, 9.17) is 11.5 Å². The van der Waals surface area contributed by atoms with Crippen molar-refractivity contribution in [3.8, 4) is 0 Å². The number of primary amides is 1. The quantitative estimate of drug-likeness (QED) is 0.769. The minimum Gasteiger partial charge on any atom is -0.369 e. The molecule has 0 aliphatic carbocycles. The molecule has 0 heterocycles. The second-order valence-corrected chi connectivity index (χ2v) is 3.24. The summed E-state index contributed by atoms with van der Waals surface area (Å²) in [5.74, 6) is -2.76. The number of carbonyl (C=O) groups excluding carboxylic acids is 1. The normalized spacial score (nSPS) is 12.5. The van der Waals surface area contributed by atoms with Gasteiger partial charge in [-0.2, -0.15) is 0 Å². The monoisotopic (exact) mass is 214 g/mol. The van der Waals surface area contributed by atoms with Gasteiger partial charge in [0.25, 0.3) is 0 Å². The molecule has 0 unspecified atom stereocenters. The fourth-order valence-electron chi connectivity index (χ4n) is 1.27. The molecule has 0 fully saturated rings. The first-order valence-corrected chi connectivity index (χ1v) is 4.48. The van der Waals surface area contributed by atoms with E-state index in [0.29, 0.717) is 0 Å². The Bertz CT molecular complexity index is 348. The largest absolute Gasteiger partial charge is 0.369 e. The van der Waals surface area contributed by atoms with E-state index >= 15 is 0 Å². The van der Waals surface area contributed by atoms with E-state index in [0.717, 1.165) is 12.1 Å². The molecule has 0 radical (unpaired) electrons. The lowest BCUT2D eigenvalue weighted by atomic mass is 9.98. The summed E-state index contributed by atoms with van der Waals surface area (Å²) < 4.78 is 26.4. The van der Waals surface area contributed by atoms with Gasteiger partial charge in [-0.15, -0.1) is 0 Å². The summed E-state index contributed by atoms with van der Waals surface area (Å²) in [5.41, 5.74) is 10.2. The maximum absolute atomic E-state index is 13.2. The Morgan fingerprint density at radius 1 is 1.33 bits per heavy atom. The molecule has 82 valence electrons. The topological polar surface area (TPSA) is 69.1 Å². The van der Waals surface area contributed by atoms with Gasteiger partial charge in [-0.3, -0.25) is 4.79 Å². The van der Waals surface area contributed by atoms with Crippen LogP contribution < -0.4 is 11.5 Å². The van der Waals surface area contributed by atoms with Crippen molar-refractivity contribution in [2.45, 2.75) is 6.42 Å². The molecule has 0 saturated carbocycles. The van der Waals surface area contributed by atoms with Crippen molar-refractivity contribution in [2.75, 3.05) is 6.54 Å². The van der Waals surface area contributed by atoms with Gasteiger partial charge in [0, 0.05) is 12.1 Å². The van der Waals surface area contributed by atoms with Crippen LogP contribution in [0.3, 0.4) is 0 Å². The number of nitrogens with two attached hydrogens (primary N) is 2. The first kappa shape index (κ1) is 11.6. The van der Waals surface area contributed by atoms with Crippen molar-refractivity contribution < 1.29 is 13.6 Å². The Kier molecular flexibility index (Phi) is 3.74. The van der Waals surface area contributed by atoms with E-state index in [-0.39, 0.29) is 18.5 Å². The molecule has 0 spiro atoms. The fourth-order valence-corrected chi connectivity index (χ4v) is 1.27. The van der Waals surface area contributed by atoms with Crippen molar-refractivity contribution in [1.82, 2.24) is 0 Å². The highest BCUT2D eigenvalue weighted by Gasteiger charge is 2.18. The lowest BCUT2D eigenvalue weighted by molar-refractivity contribution is -0.121. The van der Waals surface area contributed by atoms with Crippen LogP contribution in [0.1, 0.15) is 5.56 Å². The van der Waals surface area contributed by atoms with Crippen LogP contribution in [0.5, 0.6) is 0 Å². The molecule has 1 atom stereocenters. The van der Waals surface area contributed by atoms with Gasteiger partial charge in [-0.05, 0) is 18.6 Å². The Hall–Kier alpha value is -1.49. The Labute approximate surface area is 86.1 Å². The highest BCUT2D eigenvalue weighted by atomic mass is 19.1. The van der Waals surface area contributed by atoms with Gasteiger partial charge in [-0.25, -0.2) is 8.78 Å². The summed E-state index contributed by atoms with van der Waals surface area (Å²) in [7, 11) is 0. The molecule has 1 aromatic carbocycles. The summed E-state index contributed by atoms with van der Waals surface area (Å²) in [5, 5.41) is 0. The van der Waals surface area contributed by atoms with Crippen molar-refractivity contribution in [3.63, 3.8) is 0 Å². The average Bonchev–Trinajstić information content (AvgIpc) is 2.17. The van der Waals surface area contributed by atoms with Crippen LogP contribution >= 0.6 is 0 Å². The molecule has 0 saturated heterocycles. The zero-order valence-electron chi connectivity index (χ0n) is 8.04. The second kappa shape index (κ2) is 4.84. The minimum absolute atomic E-state index is 0.0247. The van der Waals surface area contributed by atoms with Gasteiger partial charge >= 0.3 is 0 Å². The number of benzene rings is 1. The molecule has 0 aliphatic heterocycles. The predicted molar refractivity (Wildman–Crippen MR) is 51.8 cm³/mol. The zero-order chi connectivity index (χ0) is 11.4. The smallest absolute Gasteiger partial charge is 0.222 e. The van der Waals surface area contributed by atoms with E-state index < -0.39 is 23.5 Å². The third kappa shape index (κ3) is 2.73. The molecule has 1 aromatic rings. The van der Waals surface area contributed by atoms with Crippen LogP contribution in [0.15, 0.2) is 18.2 Å². The molecular formula is C10H12F2N2O. The SMILES string of the molecule is NC[C@H](Cc1c(F)cccc1F)C(N)=O. The molecule has 5 heteroatoms. The number of hydrogen-bond acceptors (Lipinski definition) is 2. The maximum Gasteiger partial charge on any atom is 0.222 e. The summed E-state index contributed by atoms with van der Waals surface area (Å²) in [6.45, 7) is -0.0247. The molecule has 0 aliphatic rings. The summed E-state index contributed by atoms with van der Waals surface area (Å²) >= 11 is 0. The molecule has 0 aromatic heterocycles. The van der Waals surface area contributed by atoms with Gasteiger partial charge in [0.15, 0.2) is 0 Å². The molecular weight excluding hydrogens is 202 g/mol. The average molecular weight is 214 g/mol. The predicted octanol–water partition coefficient (Wildman–Crippen LogP) is 0.567. The second-order valence-electron chi connectivity index (χ2n) is 3.24. The van der Waals surface area contributed by atoms with Gasteiger partial charge < -0.3 is 11.5 Å². The number of hydrogen-bond donors (Lipinski definition) is 2. The summed E-state index contributed by atoms with van der Waals surface area (Å²) in [4.78, 5) is 10.9. The zero-order valence-corrected chi connectivity index (χ0v) is 8.04.